The molecule has 8 heteroatoms. The zero-order valence-electron chi connectivity index (χ0n) is 17.6. The van der Waals surface area contributed by atoms with Gasteiger partial charge in [-0.3, -0.25) is 4.79 Å². The first-order valence-electron chi connectivity index (χ1n) is 9.69. The largest absolute Gasteiger partial charge is 0.494 e. The SMILES string of the molecule is CCOc1ccc(NC(=O)CSc2nnc(COc3cc(C)cc(C)c3)n2C)cc1. The summed E-state index contributed by atoms with van der Waals surface area (Å²) in [6.07, 6.45) is 0. The van der Waals surface area contributed by atoms with Crippen molar-refractivity contribution in [3.8, 4) is 11.5 Å². The molecule has 3 aromatic rings. The van der Waals surface area contributed by atoms with E-state index in [0.717, 1.165) is 28.3 Å². The molecule has 0 saturated carbocycles. The first kappa shape index (κ1) is 21.7. The summed E-state index contributed by atoms with van der Waals surface area (Å²) < 4.78 is 13.1. The van der Waals surface area contributed by atoms with Crippen molar-refractivity contribution in [1.29, 1.82) is 0 Å². The summed E-state index contributed by atoms with van der Waals surface area (Å²) in [6.45, 7) is 6.92. The van der Waals surface area contributed by atoms with E-state index < -0.39 is 0 Å². The average molecular weight is 427 g/mol. The van der Waals surface area contributed by atoms with Gasteiger partial charge in [-0.15, -0.1) is 10.2 Å². The Hall–Kier alpha value is -3.00. The fourth-order valence-corrected chi connectivity index (χ4v) is 3.62. The molecule has 3 rings (SSSR count). The van der Waals surface area contributed by atoms with Crippen LogP contribution in [0.15, 0.2) is 47.6 Å². The summed E-state index contributed by atoms with van der Waals surface area (Å²) in [6, 6.07) is 13.4. The monoisotopic (exact) mass is 426 g/mol. The zero-order chi connectivity index (χ0) is 21.5. The first-order valence-corrected chi connectivity index (χ1v) is 10.7. The second-order valence-electron chi connectivity index (χ2n) is 6.86. The molecule has 1 aromatic heterocycles. The van der Waals surface area contributed by atoms with Gasteiger partial charge in [-0.2, -0.15) is 0 Å². The number of aryl methyl sites for hydroxylation is 2. The van der Waals surface area contributed by atoms with Crippen LogP contribution >= 0.6 is 11.8 Å². The number of hydrogen-bond acceptors (Lipinski definition) is 6. The van der Waals surface area contributed by atoms with E-state index >= 15 is 0 Å². The maximum Gasteiger partial charge on any atom is 0.234 e. The van der Waals surface area contributed by atoms with Gasteiger partial charge >= 0.3 is 0 Å². The molecular formula is C22H26N4O3S. The molecular weight excluding hydrogens is 400 g/mol. The van der Waals surface area contributed by atoms with E-state index in [4.69, 9.17) is 9.47 Å². The van der Waals surface area contributed by atoms with Gasteiger partial charge in [0.05, 0.1) is 12.4 Å². The van der Waals surface area contributed by atoms with Crippen LogP contribution in [0, 0.1) is 13.8 Å². The number of amides is 1. The topological polar surface area (TPSA) is 78.3 Å². The quantitative estimate of drug-likeness (QED) is 0.518. The van der Waals surface area contributed by atoms with Crippen molar-refractivity contribution in [2.45, 2.75) is 32.5 Å². The molecule has 30 heavy (non-hydrogen) atoms. The minimum absolute atomic E-state index is 0.111. The molecule has 2 aromatic carbocycles. The number of anilines is 1. The molecule has 0 aliphatic carbocycles. The fraction of sp³-hybridized carbons (Fsp3) is 0.318. The van der Waals surface area contributed by atoms with Crippen molar-refractivity contribution in [3.63, 3.8) is 0 Å². The maximum absolute atomic E-state index is 12.2. The molecule has 0 saturated heterocycles. The Morgan fingerprint density at radius 3 is 2.40 bits per heavy atom. The molecule has 7 nitrogen and oxygen atoms in total. The predicted octanol–water partition coefficient (Wildman–Crippen LogP) is 4.14. The molecule has 0 unspecified atom stereocenters. The van der Waals surface area contributed by atoms with Gasteiger partial charge in [0.25, 0.3) is 0 Å². The average Bonchev–Trinajstić information content (AvgIpc) is 3.05. The molecule has 0 aliphatic heterocycles. The van der Waals surface area contributed by atoms with E-state index in [1.807, 2.05) is 68.8 Å². The summed E-state index contributed by atoms with van der Waals surface area (Å²) in [5, 5.41) is 11.9. The van der Waals surface area contributed by atoms with Crippen molar-refractivity contribution in [1.82, 2.24) is 14.8 Å². The number of hydrogen-bond donors (Lipinski definition) is 1. The van der Waals surface area contributed by atoms with Crippen LogP contribution in [0.5, 0.6) is 11.5 Å². The van der Waals surface area contributed by atoms with Crippen molar-refractivity contribution in [2.75, 3.05) is 17.7 Å². The maximum atomic E-state index is 12.2. The number of rotatable bonds is 9. The normalized spacial score (nSPS) is 10.7. The number of carbonyl (C=O) groups excluding carboxylic acids is 1. The van der Waals surface area contributed by atoms with Crippen LogP contribution in [0.3, 0.4) is 0 Å². The van der Waals surface area contributed by atoms with Crippen LogP contribution in [0.25, 0.3) is 0 Å². The van der Waals surface area contributed by atoms with Crippen LogP contribution in [-0.2, 0) is 18.4 Å². The highest BCUT2D eigenvalue weighted by molar-refractivity contribution is 7.99. The van der Waals surface area contributed by atoms with E-state index in [0.29, 0.717) is 24.2 Å². The number of nitrogens with one attached hydrogen (secondary N) is 1. The van der Waals surface area contributed by atoms with Gasteiger partial charge in [-0.1, -0.05) is 17.8 Å². The van der Waals surface area contributed by atoms with Crippen LogP contribution in [-0.4, -0.2) is 33.0 Å². The van der Waals surface area contributed by atoms with E-state index in [-0.39, 0.29) is 11.7 Å². The van der Waals surface area contributed by atoms with Gasteiger partial charge < -0.3 is 19.4 Å². The molecule has 0 bridgehead atoms. The molecule has 0 aliphatic rings. The summed E-state index contributed by atoms with van der Waals surface area (Å²) in [5.74, 6) is 2.40. The van der Waals surface area contributed by atoms with E-state index in [2.05, 4.69) is 21.6 Å². The fourth-order valence-electron chi connectivity index (χ4n) is 2.89. The standard InChI is InChI=1S/C22H26N4O3S/c1-5-28-18-8-6-17(7-9-18)23-21(27)14-30-22-25-24-20(26(22)4)13-29-19-11-15(2)10-16(3)12-19/h6-12H,5,13-14H2,1-4H3,(H,23,27). The Morgan fingerprint density at radius 1 is 1.03 bits per heavy atom. The van der Waals surface area contributed by atoms with Gasteiger partial charge in [0.2, 0.25) is 5.91 Å². The summed E-state index contributed by atoms with van der Waals surface area (Å²) >= 11 is 1.33. The van der Waals surface area contributed by atoms with Crippen molar-refractivity contribution in [2.24, 2.45) is 7.05 Å². The third-order valence-electron chi connectivity index (χ3n) is 4.27. The van der Waals surface area contributed by atoms with E-state index in [9.17, 15) is 4.79 Å². The molecule has 1 N–H and O–H groups in total. The lowest BCUT2D eigenvalue weighted by Gasteiger charge is -2.09. The number of ether oxygens (including phenoxy) is 2. The molecule has 158 valence electrons. The number of nitrogens with zero attached hydrogens (tertiary/aromatic N) is 3. The third-order valence-corrected chi connectivity index (χ3v) is 5.29. The van der Waals surface area contributed by atoms with Gasteiger partial charge in [-0.05, 0) is 68.3 Å². The lowest BCUT2D eigenvalue weighted by molar-refractivity contribution is -0.113. The van der Waals surface area contributed by atoms with E-state index in [1.54, 1.807) is 0 Å². The number of carbonyl (C=O) groups is 1. The molecule has 1 amide bonds. The summed E-state index contributed by atoms with van der Waals surface area (Å²) in [7, 11) is 1.87. The van der Waals surface area contributed by atoms with Crippen LogP contribution < -0.4 is 14.8 Å². The zero-order valence-corrected chi connectivity index (χ0v) is 18.5. The Balaban J connectivity index is 1.51. The Labute approximate surface area is 180 Å². The first-order chi connectivity index (χ1) is 14.4. The minimum Gasteiger partial charge on any atom is -0.494 e. The van der Waals surface area contributed by atoms with Crippen molar-refractivity contribution in [3.05, 3.63) is 59.4 Å². The number of benzene rings is 2. The summed E-state index contributed by atoms with van der Waals surface area (Å²) in [5.41, 5.74) is 3.03. The van der Waals surface area contributed by atoms with Gasteiger partial charge in [0, 0.05) is 12.7 Å². The van der Waals surface area contributed by atoms with Gasteiger partial charge in [0.15, 0.2) is 11.0 Å². The minimum atomic E-state index is -0.111. The van der Waals surface area contributed by atoms with Gasteiger partial charge in [-0.25, -0.2) is 0 Å². The smallest absolute Gasteiger partial charge is 0.234 e. The van der Waals surface area contributed by atoms with Crippen LogP contribution in [0.4, 0.5) is 5.69 Å². The third kappa shape index (κ3) is 6.00. The van der Waals surface area contributed by atoms with Crippen LogP contribution in [0.1, 0.15) is 23.9 Å². The molecule has 0 fully saturated rings. The lowest BCUT2D eigenvalue weighted by Crippen LogP contribution is -2.14. The predicted molar refractivity (Wildman–Crippen MR) is 118 cm³/mol. The highest BCUT2D eigenvalue weighted by atomic mass is 32.2. The molecule has 0 spiro atoms. The van der Waals surface area contributed by atoms with Crippen molar-refractivity contribution >= 4 is 23.4 Å². The Morgan fingerprint density at radius 2 is 1.73 bits per heavy atom. The van der Waals surface area contributed by atoms with Gasteiger partial charge in [0.1, 0.15) is 18.1 Å². The highest BCUT2D eigenvalue weighted by Crippen LogP contribution is 2.20. The molecule has 0 atom stereocenters. The Kier molecular flexibility index (Phi) is 7.35. The molecule has 1 heterocycles. The van der Waals surface area contributed by atoms with E-state index in [1.165, 1.54) is 11.8 Å². The Bertz CT molecular complexity index is 982. The molecule has 0 radical (unpaired) electrons. The van der Waals surface area contributed by atoms with Crippen molar-refractivity contribution < 1.29 is 14.3 Å². The number of thioether (sulfide) groups is 1. The summed E-state index contributed by atoms with van der Waals surface area (Å²) in [4.78, 5) is 12.2. The second kappa shape index (κ2) is 10.2. The van der Waals surface area contributed by atoms with Crippen LogP contribution in [0.2, 0.25) is 0 Å². The lowest BCUT2D eigenvalue weighted by atomic mass is 10.1. The number of aromatic nitrogens is 3. The highest BCUT2D eigenvalue weighted by Gasteiger charge is 2.12. The second-order valence-corrected chi connectivity index (χ2v) is 7.81.